The highest BCUT2D eigenvalue weighted by Gasteiger charge is 2.56. The molecule has 28 heteroatoms. The van der Waals surface area contributed by atoms with Crippen molar-refractivity contribution in [2.75, 3.05) is 33.0 Å². The van der Waals surface area contributed by atoms with Crippen molar-refractivity contribution < 1.29 is 123 Å². The first kappa shape index (κ1) is 53.5. The lowest BCUT2D eigenvalue weighted by Crippen LogP contribution is -2.70. The zero-order valence-corrected chi connectivity index (χ0v) is 35.7. The van der Waals surface area contributed by atoms with Gasteiger partial charge in [0.1, 0.15) is 116 Å². The lowest BCUT2D eigenvalue weighted by Gasteiger charge is -2.49. The molecule has 5 heterocycles. The molecule has 16 N–H and O–H groups in total. The monoisotopic (exact) mass is 949 g/mol. The Hall–Kier alpha value is -2.47. The summed E-state index contributed by atoms with van der Waals surface area (Å²) in [7, 11) is 0. The van der Waals surface area contributed by atoms with E-state index in [0.717, 1.165) is 13.8 Å². The van der Waals surface area contributed by atoms with Crippen LogP contribution in [0.5, 0.6) is 0 Å². The molecule has 5 aliphatic rings. The highest BCUT2D eigenvalue weighted by molar-refractivity contribution is 5.74. The standard InChI is InChI=1S/C37H63N3O25/c1-10-19(38-11(2)45)26(52)31(16(7-43)58-10)63-35-21(40-13(4)47)27(53)32(17(8-44)61-35)64-36-30(56)28(54)24(50)18(62-36)9-57-37-33(29(55)23(49)15(6-42)60-37)65-34-20(39-12(3)46)25(51)22(48)14(5-41)59-34/h10,14-37,41-44,48-56H,5-9H2,1-4H3,(H,38,45)(H,39,46)(H,40,47)/t10-,14-,15?,16?,17?,18?,19+,20?,21-,22+,23+,24+,25?,26?,27?,28?,29?,30+,31+,32+,33+,34-,35-,36-,37-/m0/s1. The van der Waals surface area contributed by atoms with Crippen molar-refractivity contribution in [2.24, 2.45) is 0 Å². The zero-order valence-electron chi connectivity index (χ0n) is 35.7. The third-order valence-electron chi connectivity index (χ3n) is 11.8. The molecule has 376 valence electrons. The molecule has 0 bridgehead atoms. The fourth-order valence-electron chi connectivity index (χ4n) is 8.37. The second-order valence-corrected chi connectivity index (χ2v) is 16.5. The van der Waals surface area contributed by atoms with Gasteiger partial charge < -0.3 is 125 Å². The largest absolute Gasteiger partial charge is 0.394 e. The number of hydrogen-bond acceptors (Lipinski definition) is 25. The van der Waals surface area contributed by atoms with Gasteiger partial charge in [-0.25, -0.2) is 0 Å². The molecule has 5 fully saturated rings. The van der Waals surface area contributed by atoms with Crippen LogP contribution in [-0.4, -0.2) is 270 Å². The molecule has 0 aromatic heterocycles. The number of carbonyl (C=O) groups excluding carboxylic acids is 3. The minimum Gasteiger partial charge on any atom is -0.394 e. The van der Waals surface area contributed by atoms with Crippen molar-refractivity contribution in [1.82, 2.24) is 16.0 Å². The molecule has 0 spiro atoms. The maximum absolute atomic E-state index is 12.4. The number of amides is 3. The van der Waals surface area contributed by atoms with Gasteiger partial charge in [0.05, 0.1) is 45.2 Å². The van der Waals surface area contributed by atoms with Crippen molar-refractivity contribution in [1.29, 1.82) is 0 Å². The molecule has 5 aliphatic heterocycles. The Bertz CT molecular complexity index is 1560. The van der Waals surface area contributed by atoms with Crippen LogP contribution in [0, 0.1) is 0 Å². The number of rotatable bonds is 16. The normalized spacial score (nSPS) is 47.1. The first-order chi connectivity index (χ1) is 30.7. The SMILES string of the molecule is CC(=O)NC1C(O)[C@H](O)[C@H](CO)O[C@H]1O[C@@H]1C(O)[C@H](O)C(CO)O[C@@H]1OCC1O[C@@H](O[C@@H]2C(CO)O[C@@H](O[C@@H]3C(CO)O[C@@H](C)[C@@H](NC(C)=O)C3O)[C@@H](NC(C)=O)C2O)[C@H](O)C(O)[C@@H]1O. The van der Waals surface area contributed by atoms with Crippen molar-refractivity contribution in [3.63, 3.8) is 0 Å². The Labute approximate surface area is 370 Å². The van der Waals surface area contributed by atoms with Gasteiger partial charge in [-0.05, 0) is 6.92 Å². The maximum Gasteiger partial charge on any atom is 0.217 e. The number of nitrogens with one attached hydrogen (secondary N) is 3. The molecule has 0 radical (unpaired) electrons. The Morgan fingerprint density at radius 1 is 0.415 bits per heavy atom. The topological polar surface area (TPSA) is 433 Å². The number of aliphatic hydroxyl groups is 13. The molecule has 65 heavy (non-hydrogen) atoms. The molecule has 0 saturated carbocycles. The van der Waals surface area contributed by atoms with Crippen molar-refractivity contribution >= 4 is 17.7 Å². The fourth-order valence-corrected chi connectivity index (χ4v) is 8.37. The van der Waals surface area contributed by atoms with Crippen LogP contribution >= 0.6 is 0 Å². The lowest BCUT2D eigenvalue weighted by atomic mass is 9.92. The lowest BCUT2D eigenvalue weighted by molar-refractivity contribution is -0.372. The first-order valence-electron chi connectivity index (χ1n) is 20.9. The Morgan fingerprint density at radius 3 is 1.32 bits per heavy atom. The fraction of sp³-hybridized carbons (Fsp3) is 0.919. The Kier molecular flexibility index (Phi) is 19.1. The van der Waals surface area contributed by atoms with E-state index in [-0.39, 0.29) is 0 Å². The first-order valence-corrected chi connectivity index (χ1v) is 20.9. The Morgan fingerprint density at radius 2 is 0.800 bits per heavy atom. The molecule has 5 saturated heterocycles. The van der Waals surface area contributed by atoms with Gasteiger partial charge in [0.25, 0.3) is 0 Å². The number of ether oxygens (including phenoxy) is 9. The smallest absolute Gasteiger partial charge is 0.217 e. The molecule has 28 nitrogen and oxygen atoms in total. The van der Waals surface area contributed by atoms with E-state index in [0.29, 0.717) is 0 Å². The molecule has 0 aromatic rings. The molecule has 0 aliphatic carbocycles. The predicted molar refractivity (Wildman–Crippen MR) is 205 cm³/mol. The van der Waals surface area contributed by atoms with Crippen LogP contribution in [0.4, 0.5) is 0 Å². The maximum atomic E-state index is 12.4. The van der Waals surface area contributed by atoms with Gasteiger partial charge in [0.2, 0.25) is 17.7 Å². The second kappa shape index (κ2) is 23.2. The molecule has 10 unspecified atom stereocenters. The van der Waals surface area contributed by atoms with E-state index in [1.165, 1.54) is 13.8 Å². The van der Waals surface area contributed by atoms with Crippen molar-refractivity contribution in [3.05, 3.63) is 0 Å². The molecule has 5 rings (SSSR count). The number of carbonyl (C=O) groups is 3. The highest BCUT2D eigenvalue weighted by Crippen LogP contribution is 2.34. The summed E-state index contributed by atoms with van der Waals surface area (Å²) in [5.41, 5.74) is 0. The summed E-state index contributed by atoms with van der Waals surface area (Å²) in [6, 6.07) is -4.17. The van der Waals surface area contributed by atoms with Gasteiger partial charge in [0, 0.05) is 20.8 Å². The average molecular weight is 950 g/mol. The van der Waals surface area contributed by atoms with Crippen LogP contribution in [0.3, 0.4) is 0 Å². The Balaban J connectivity index is 1.34. The summed E-state index contributed by atoms with van der Waals surface area (Å²) in [4.78, 5) is 36.3. The quantitative estimate of drug-likeness (QED) is 0.0683. The predicted octanol–water partition coefficient (Wildman–Crippen LogP) is -10.4. The van der Waals surface area contributed by atoms with Crippen LogP contribution in [0.15, 0.2) is 0 Å². The number of hydrogen-bond donors (Lipinski definition) is 16. The van der Waals surface area contributed by atoms with E-state index in [1.807, 2.05) is 0 Å². The third kappa shape index (κ3) is 12.0. The summed E-state index contributed by atoms with van der Waals surface area (Å²) in [5.74, 6) is -1.98. The van der Waals surface area contributed by atoms with Gasteiger partial charge in [0.15, 0.2) is 25.2 Å². The van der Waals surface area contributed by atoms with Crippen molar-refractivity contribution in [2.45, 2.75) is 181 Å². The zero-order chi connectivity index (χ0) is 48.2. The van der Waals surface area contributed by atoms with Crippen LogP contribution in [0.2, 0.25) is 0 Å². The molecule has 0 aromatic carbocycles. The molecule has 3 amide bonds. The van der Waals surface area contributed by atoms with Crippen LogP contribution in [-0.2, 0) is 57.0 Å². The average Bonchev–Trinajstić information content (AvgIpc) is 3.26. The summed E-state index contributed by atoms with van der Waals surface area (Å²) >= 11 is 0. The van der Waals surface area contributed by atoms with E-state index in [9.17, 15) is 80.8 Å². The summed E-state index contributed by atoms with van der Waals surface area (Å²) in [6.45, 7) is 0.717. The number of aliphatic hydroxyl groups excluding tert-OH is 13. The van der Waals surface area contributed by atoms with E-state index in [4.69, 9.17) is 42.6 Å². The van der Waals surface area contributed by atoms with Gasteiger partial charge in [-0.2, -0.15) is 0 Å². The van der Waals surface area contributed by atoms with Gasteiger partial charge in [-0.3, -0.25) is 14.4 Å². The summed E-state index contributed by atoms with van der Waals surface area (Å²) < 4.78 is 52.2. The van der Waals surface area contributed by atoms with Gasteiger partial charge in [-0.1, -0.05) is 0 Å². The summed E-state index contributed by atoms with van der Waals surface area (Å²) in [5, 5.41) is 146. The summed E-state index contributed by atoms with van der Waals surface area (Å²) in [6.07, 6.45) is -37.5. The molecule has 25 atom stereocenters. The van der Waals surface area contributed by atoms with Crippen LogP contribution < -0.4 is 16.0 Å². The van der Waals surface area contributed by atoms with E-state index in [1.54, 1.807) is 0 Å². The van der Waals surface area contributed by atoms with E-state index in [2.05, 4.69) is 16.0 Å². The van der Waals surface area contributed by atoms with E-state index >= 15 is 0 Å². The minimum atomic E-state index is -2.08. The van der Waals surface area contributed by atoms with Crippen molar-refractivity contribution in [3.8, 4) is 0 Å². The van der Waals surface area contributed by atoms with Crippen LogP contribution in [0.1, 0.15) is 27.7 Å². The van der Waals surface area contributed by atoms with Gasteiger partial charge >= 0.3 is 0 Å². The van der Waals surface area contributed by atoms with Gasteiger partial charge in [-0.15, -0.1) is 0 Å². The van der Waals surface area contributed by atoms with Crippen LogP contribution in [0.25, 0.3) is 0 Å². The third-order valence-corrected chi connectivity index (χ3v) is 11.8. The molecular weight excluding hydrogens is 886 g/mol. The second-order valence-electron chi connectivity index (χ2n) is 16.5. The highest BCUT2D eigenvalue weighted by atomic mass is 16.8. The van der Waals surface area contributed by atoms with E-state index < -0.39 is 204 Å². The molecular formula is C37H63N3O25. The minimum absolute atomic E-state index is 0.524.